The van der Waals surface area contributed by atoms with Crippen LogP contribution in [0.5, 0.6) is 5.75 Å². The van der Waals surface area contributed by atoms with Crippen molar-refractivity contribution >= 4 is 6.09 Å². The second-order valence-corrected chi connectivity index (χ2v) is 10.4. The first-order chi connectivity index (χ1) is 17.4. The first-order valence-electron chi connectivity index (χ1n) is 12.6. The maximum absolute atomic E-state index is 14.0. The van der Waals surface area contributed by atoms with E-state index in [4.69, 9.17) is 9.47 Å². The van der Waals surface area contributed by atoms with Crippen LogP contribution in [0.1, 0.15) is 48.3 Å². The lowest BCUT2D eigenvalue weighted by molar-refractivity contribution is -0.0479. The number of hydrogen-bond donors (Lipinski definition) is 1. The Bertz CT molecular complexity index is 1250. The van der Waals surface area contributed by atoms with Gasteiger partial charge in [0.2, 0.25) is 0 Å². The molecule has 2 unspecified atom stereocenters. The second-order valence-electron chi connectivity index (χ2n) is 10.4. The molecule has 3 aromatic carbocycles. The summed E-state index contributed by atoms with van der Waals surface area (Å²) in [5, 5.41) is 11.4. The number of ether oxygens (including phenoxy) is 2. The van der Waals surface area contributed by atoms with E-state index in [1.807, 2.05) is 29.2 Å². The summed E-state index contributed by atoms with van der Waals surface area (Å²) in [6, 6.07) is 21.0. The quantitative estimate of drug-likeness (QED) is 0.503. The number of hydrogen-bond acceptors (Lipinski definition) is 4. The van der Waals surface area contributed by atoms with E-state index in [0.29, 0.717) is 30.6 Å². The molecule has 2 atom stereocenters. The van der Waals surface area contributed by atoms with Gasteiger partial charge in [-0.15, -0.1) is 0 Å². The Kier molecular flexibility index (Phi) is 5.72. The summed E-state index contributed by atoms with van der Waals surface area (Å²) in [4.78, 5) is 15.1. The van der Waals surface area contributed by atoms with E-state index in [2.05, 4.69) is 24.3 Å². The van der Waals surface area contributed by atoms with Gasteiger partial charge in [-0.3, -0.25) is 0 Å². The third-order valence-corrected chi connectivity index (χ3v) is 8.10. The molecule has 5 nitrogen and oxygen atoms in total. The molecule has 2 bridgehead atoms. The number of fused-ring (bicyclic) bond motifs is 5. The highest BCUT2D eigenvalue weighted by atomic mass is 19.1. The number of benzene rings is 3. The Morgan fingerprint density at radius 2 is 1.61 bits per heavy atom. The highest BCUT2D eigenvalue weighted by molar-refractivity contribution is 5.79. The standard InChI is InChI=1S/C30H30FNO4/c1-35-23-13-19(12-20(31)14-23)15-30(34)16-21-10-11-22(17-30)32(21)29(33)36-18-28-26-8-4-2-6-24(26)25-7-3-5-9-27(25)28/h2-9,12-14,21-22,28,34H,10-11,15-18H2,1H3. The van der Waals surface area contributed by atoms with Crippen LogP contribution in [0.25, 0.3) is 11.1 Å². The average molecular weight is 488 g/mol. The molecule has 0 aromatic heterocycles. The first kappa shape index (κ1) is 23.0. The zero-order valence-electron chi connectivity index (χ0n) is 20.3. The fraction of sp³-hybridized carbons (Fsp3) is 0.367. The van der Waals surface area contributed by atoms with Crippen molar-refractivity contribution in [3.63, 3.8) is 0 Å². The highest BCUT2D eigenvalue weighted by Crippen LogP contribution is 2.46. The van der Waals surface area contributed by atoms with Crippen LogP contribution in [0, 0.1) is 5.82 Å². The number of aliphatic hydroxyl groups is 1. The van der Waals surface area contributed by atoms with Crippen LogP contribution in [0.4, 0.5) is 9.18 Å². The van der Waals surface area contributed by atoms with Crippen LogP contribution >= 0.6 is 0 Å². The fourth-order valence-corrected chi connectivity index (χ4v) is 6.65. The van der Waals surface area contributed by atoms with Crippen LogP contribution in [0.2, 0.25) is 0 Å². The van der Waals surface area contributed by atoms with Crippen LogP contribution in [0.3, 0.4) is 0 Å². The number of carbonyl (C=O) groups excluding carboxylic acids is 1. The summed E-state index contributed by atoms with van der Waals surface area (Å²) in [5.41, 5.74) is 4.48. The molecule has 6 rings (SSSR count). The Morgan fingerprint density at radius 1 is 1.00 bits per heavy atom. The average Bonchev–Trinajstić information content (AvgIpc) is 3.34. The number of rotatable bonds is 5. The molecule has 0 radical (unpaired) electrons. The predicted octanol–water partition coefficient (Wildman–Crippen LogP) is 5.68. The van der Waals surface area contributed by atoms with E-state index in [1.165, 1.54) is 41.5 Å². The first-order valence-corrected chi connectivity index (χ1v) is 12.6. The normalized spacial score (nSPS) is 24.4. The number of methoxy groups -OCH3 is 1. The monoisotopic (exact) mass is 487 g/mol. The summed E-state index contributed by atoms with van der Waals surface area (Å²) in [6.45, 7) is 0.288. The van der Waals surface area contributed by atoms with Gasteiger partial charge in [0.1, 0.15) is 18.2 Å². The van der Waals surface area contributed by atoms with Gasteiger partial charge in [-0.05, 0) is 65.6 Å². The largest absolute Gasteiger partial charge is 0.497 e. The number of amides is 1. The molecule has 3 aromatic rings. The van der Waals surface area contributed by atoms with Crippen LogP contribution in [-0.4, -0.2) is 47.5 Å². The summed E-state index contributed by atoms with van der Waals surface area (Å²) in [7, 11) is 1.50. The lowest BCUT2D eigenvalue weighted by Gasteiger charge is -2.43. The number of nitrogens with zero attached hydrogens (tertiary/aromatic N) is 1. The molecule has 2 fully saturated rings. The topological polar surface area (TPSA) is 59.0 Å². The predicted molar refractivity (Wildman–Crippen MR) is 135 cm³/mol. The van der Waals surface area contributed by atoms with Gasteiger partial charge in [-0.2, -0.15) is 0 Å². The van der Waals surface area contributed by atoms with Crippen LogP contribution < -0.4 is 4.74 Å². The van der Waals surface area contributed by atoms with Gasteiger partial charge in [0.05, 0.1) is 12.7 Å². The van der Waals surface area contributed by atoms with Crippen molar-refractivity contribution in [2.75, 3.05) is 13.7 Å². The van der Waals surface area contributed by atoms with Crippen molar-refractivity contribution in [1.82, 2.24) is 4.90 Å². The second kappa shape index (κ2) is 8.93. The van der Waals surface area contributed by atoms with Gasteiger partial charge in [0.15, 0.2) is 0 Å². The van der Waals surface area contributed by atoms with Crippen molar-refractivity contribution in [2.45, 2.75) is 55.7 Å². The summed E-state index contributed by atoms with van der Waals surface area (Å²) in [5.74, 6) is 0.0725. The SMILES string of the molecule is COc1cc(F)cc(CC2(O)CC3CCC(C2)N3C(=O)OCC2c3ccccc3-c3ccccc32)c1. The van der Waals surface area contributed by atoms with Crippen LogP contribution in [-0.2, 0) is 11.2 Å². The van der Waals surface area contributed by atoms with E-state index < -0.39 is 5.60 Å². The Morgan fingerprint density at radius 3 is 2.22 bits per heavy atom. The third kappa shape index (κ3) is 4.03. The fourth-order valence-electron chi connectivity index (χ4n) is 6.65. The molecule has 186 valence electrons. The number of carbonyl (C=O) groups is 1. The van der Waals surface area contributed by atoms with Crippen molar-refractivity contribution in [3.8, 4) is 16.9 Å². The number of piperidine rings is 1. The molecule has 36 heavy (non-hydrogen) atoms. The third-order valence-electron chi connectivity index (χ3n) is 8.10. The van der Waals surface area contributed by atoms with Crippen molar-refractivity contribution in [1.29, 1.82) is 0 Å². The minimum Gasteiger partial charge on any atom is -0.497 e. The van der Waals surface area contributed by atoms with Crippen molar-refractivity contribution < 1.29 is 23.8 Å². The lowest BCUT2D eigenvalue weighted by atomic mass is 9.81. The molecule has 2 heterocycles. The summed E-state index contributed by atoms with van der Waals surface area (Å²) in [6.07, 6.45) is 2.60. The molecule has 2 saturated heterocycles. The summed E-state index contributed by atoms with van der Waals surface area (Å²) < 4.78 is 25.1. The lowest BCUT2D eigenvalue weighted by Crippen LogP contribution is -2.54. The molecule has 2 aliphatic heterocycles. The maximum atomic E-state index is 14.0. The molecule has 1 amide bonds. The van der Waals surface area contributed by atoms with Crippen molar-refractivity contribution in [2.24, 2.45) is 0 Å². The molecule has 1 aliphatic carbocycles. The van der Waals surface area contributed by atoms with Gasteiger partial charge in [0, 0.05) is 30.5 Å². The maximum Gasteiger partial charge on any atom is 0.410 e. The molecule has 0 saturated carbocycles. The van der Waals surface area contributed by atoms with Gasteiger partial charge < -0.3 is 19.5 Å². The molecule has 0 spiro atoms. The zero-order valence-corrected chi connectivity index (χ0v) is 20.3. The minimum atomic E-state index is -0.995. The number of halogens is 1. The Hall–Kier alpha value is -3.38. The molecular weight excluding hydrogens is 457 g/mol. The van der Waals surface area contributed by atoms with E-state index in [0.717, 1.165) is 12.8 Å². The van der Waals surface area contributed by atoms with Gasteiger partial charge in [-0.1, -0.05) is 48.5 Å². The Balaban J connectivity index is 1.15. The van der Waals surface area contributed by atoms with Gasteiger partial charge >= 0.3 is 6.09 Å². The van der Waals surface area contributed by atoms with E-state index in [-0.39, 0.29) is 36.5 Å². The molecule has 3 aliphatic rings. The van der Waals surface area contributed by atoms with E-state index >= 15 is 0 Å². The summed E-state index contributed by atoms with van der Waals surface area (Å²) >= 11 is 0. The van der Waals surface area contributed by atoms with Gasteiger partial charge in [-0.25, -0.2) is 9.18 Å². The van der Waals surface area contributed by atoms with Crippen molar-refractivity contribution in [3.05, 3.63) is 89.2 Å². The molecular formula is C30H30FNO4. The van der Waals surface area contributed by atoms with Crippen LogP contribution in [0.15, 0.2) is 66.7 Å². The molecule has 1 N–H and O–H groups in total. The van der Waals surface area contributed by atoms with Gasteiger partial charge in [0.25, 0.3) is 0 Å². The Labute approximate surface area is 210 Å². The molecule has 6 heteroatoms. The van der Waals surface area contributed by atoms with E-state index in [9.17, 15) is 14.3 Å². The minimum absolute atomic E-state index is 0.0173. The van der Waals surface area contributed by atoms with E-state index in [1.54, 1.807) is 6.07 Å². The zero-order chi connectivity index (χ0) is 24.9. The smallest absolute Gasteiger partial charge is 0.410 e. The highest BCUT2D eigenvalue weighted by Gasteiger charge is 2.50.